The molecule has 0 spiro atoms. The third-order valence-electron chi connectivity index (χ3n) is 2.99. The normalized spacial score (nSPS) is 19.3. The van der Waals surface area contributed by atoms with Crippen LogP contribution >= 0.6 is 0 Å². The zero-order chi connectivity index (χ0) is 11.1. The Bertz CT molecular complexity index is 259. The van der Waals surface area contributed by atoms with E-state index in [-0.39, 0.29) is 12.3 Å². The smallest absolute Gasteiger partial charge is 0.212 e. The molecule has 4 nitrogen and oxygen atoms in total. The Hall–Kier alpha value is -0.130. The lowest BCUT2D eigenvalue weighted by Gasteiger charge is -2.21. The van der Waals surface area contributed by atoms with E-state index in [0.717, 1.165) is 12.3 Å². The van der Waals surface area contributed by atoms with Gasteiger partial charge >= 0.3 is 0 Å². The Morgan fingerprint density at radius 3 is 2.47 bits per heavy atom. The van der Waals surface area contributed by atoms with Gasteiger partial charge in [-0.25, -0.2) is 13.1 Å². The van der Waals surface area contributed by atoms with Gasteiger partial charge in [0.1, 0.15) is 0 Å². The van der Waals surface area contributed by atoms with E-state index < -0.39 is 10.0 Å². The van der Waals surface area contributed by atoms with Crippen molar-refractivity contribution in [2.45, 2.75) is 38.5 Å². The van der Waals surface area contributed by atoms with E-state index in [1.807, 2.05) is 0 Å². The molecule has 0 aromatic rings. The van der Waals surface area contributed by atoms with Gasteiger partial charge in [-0.05, 0) is 12.3 Å². The Labute approximate surface area is 92.7 Å². The minimum Gasteiger partial charge on any atom is -0.329 e. The predicted octanol–water partition coefficient (Wildman–Crippen LogP) is 0.835. The quantitative estimate of drug-likeness (QED) is 0.715. The first kappa shape index (κ1) is 12.9. The Morgan fingerprint density at radius 2 is 1.87 bits per heavy atom. The van der Waals surface area contributed by atoms with Crippen molar-refractivity contribution >= 4 is 10.0 Å². The first-order chi connectivity index (χ1) is 7.14. The topological polar surface area (TPSA) is 72.2 Å². The van der Waals surface area contributed by atoms with E-state index in [0.29, 0.717) is 6.54 Å². The number of nitrogens with two attached hydrogens (primary N) is 1. The molecule has 1 fully saturated rings. The Morgan fingerprint density at radius 1 is 1.20 bits per heavy atom. The van der Waals surface area contributed by atoms with Crippen LogP contribution in [0.1, 0.15) is 38.5 Å². The van der Waals surface area contributed by atoms with Gasteiger partial charge in [0, 0.05) is 13.1 Å². The van der Waals surface area contributed by atoms with Gasteiger partial charge in [0.15, 0.2) is 0 Å². The zero-order valence-electron chi connectivity index (χ0n) is 9.24. The molecule has 0 heterocycles. The fourth-order valence-corrected chi connectivity index (χ4v) is 3.01. The summed E-state index contributed by atoms with van der Waals surface area (Å²) in [7, 11) is -3.11. The lowest BCUT2D eigenvalue weighted by atomic mass is 9.87. The van der Waals surface area contributed by atoms with Gasteiger partial charge in [0.2, 0.25) is 10.0 Å². The third kappa shape index (κ3) is 5.49. The lowest BCUT2D eigenvalue weighted by molar-refractivity contribution is 0.339. The molecular weight excluding hydrogens is 212 g/mol. The van der Waals surface area contributed by atoms with Gasteiger partial charge in [-0.15, -0.1) is 0 Å². The highest BCUT2D eigenvalue weighted by Crippen LogP contribution is 2.25. The Kier molecular flexibility index (Phi) is 5.56. The van der Waals surface area contributed by atoms with Crippen LogP contribution in [0.15, 0.2) is 0 Å². The minimum absolute atomic E-state index is 0.0394. The molecule has 0 unspecified atom stereocenters. The van der Waals surface area contributed by atoms with E-state index in [1.54, 1.807) is 0 Å². The lowest BCUT2D eigenvalue weighted by Crippen LogP contribution is -2.31. The Balaban J connectivity index is 2.14. The average molecular weight is 234 g/mol. The molecule has 3 N–H and O–H groups in total. The molecule has 0 aromatic carbocycles. The molecule has 0 atom stereocenters. The van der Waals surface area contributed by atoms with Crippen molar-refractivity contribution in [3.63, 3.8) is 0 Å². The van der Waals surface area contributed by atoms with Crippen molar-refractivity contribution in [3.8, 4) is 0 Å². The van der Waals surface area contributed by atoms with Gasteiger partial charge in [-0.1, -0.05) is 32.1 Å². The molecule has 0 radical (unpaired) electrons. The number of sulfonamides is 1. The number of hydrogen-bond acceptors (Lipinski definition) is 3. The van der Waals surface area contributed by atoms with E-state index in [9.17, 15) is 8.42 Å². The molecule has 15 heavy (non-hydrogen) atoms. The van der Waals surface area contributed by atoms with E-state index in [1.165, 1.54) is 32.1 Å². The summed E-state index contributed by atoms with van der Waals surface area (Å²) in [5.74, 6) is 0.761. The summed E-state index contributed by atoms with van der Waals surface area (Å²) < 4.78 is 25.2. The van der Waals surface area contributed by atoms with Gasteiger partial charge in [-0.3, -0.25) is 0 Å². The SMILES string of the molecule is NCCS(=O)(=O)NCCC1CCCCC1. The maximum Gasteiger partial charge on any atom is 0.212 e. The van der Waals surface area contributed by atoms with Crippen molar-refractivity contribution in [1.82, 2.24) is 4.72 Å². The molecule has 1 aliphatic carbocycles. The minimum atomic E-state index is -3.11. The van der Waals surface area contributed by atoms with Crippen LogP contribution in [0.2, 0.25) is 0 Å². The van der Waals surface area contributed by atoms with E-state index in [2.05, 4.69) is 4.72 Å². The average Bonchev–Trinajstić information content (AvgIpc) is 2.19. The molecule has 1 saturated carbocycles. The summed E-state index contributed by atoms with van der Waals surface area (Å²) in [6, 6.07) is 0. The van der Waals surface area contributed by atoms with Gasteiger partial charge in [-0.2, -0.15) is 0 Å². The van der Waals surface area contributed by atoms with Crippen LogP contribution in [0.4, 0.5) is 0 Å². The van der Waals surface area contributed by atoms with Crippen LogP contribution in [0.5, 0.6) is 0 Å². The van der Waals surface area contributed by atoms with Crippen LogP contribution in [-0.4, -0.2) is 27.3 Å². The molecule has 0 bridgehead atoms. The summed E-state index contributed by atoms with van der Waals surface area (Å²) in [6.45, 7) is 0.770. The number of hydrogen-bond donors (Lipinski definition) is 2. The molecule has 5 heteroatoms. The van der Waals surface area contributed by atoms with Crippen molar-refractivity contribution in [1.29, 1.82) is 0 Å². The van der Waals surface area contributed by atoms with Gasteiger partial charge in [0.05, 0.1) is 5.75 Å². The molecule has 0 aromatic heterocycles. The van der Waals surface area contributed by atoms with E-state index >= 15 is 0 Å². The van der Waals surface area contributed by atoms with Crippen LogP contribution in [0, 0.1) is 5.92 Å². The highest BCUT2D eigenvalue weighted by atomic mass is 32.2. The molecule has 1 rings (SSSR count). The molecule has 0 aliphatic heterocycles. The standard InChI is InChI=1S/C10H22N2O2S/c11-7-9-15(13,14)12-8-6-10-4-2-1-3-5-10/h10,12H,1-9,11H2. The third-order valence-corrected chi connectivity index (χ3v) is 4.40. The van der Waals surface area contributed by atoms with Crippen LogP contribution in [0.3, 0.4) is 0 Å². The first-order valence-corrected chi connectivity index (χ1v) is 7.46. The molecular formula is C10H22N2O2S. The summed E-state index contributed by atoms with van der Waals surface area (Å²) in [5.41, 5.74) is 5.21. The summed E-state index contributed by atoms with van der Waals surface area (Å²) in [5, 5.41) is 0. The van der Waals surface area contributed by atoms with Crippen LogP contribution < -0.4 is 10.5 Å². The van der Waals surface area contributed by atoms with Crippen LogP contribution in [-0.2, 0) is 10.0 Å². The van der Waals surface area contributed by atoms with Gasteiger partial charge < -0.3 is 5.73 Å². The van der Waals surface area contributed by atoms with Crippen molar-refractivity contribution in [2.24, 2.45) is 11.7 Å². The maximum absolute atomic E-state index is 11.3. The number of nitrogens with one attached hydrogen (secondary N) is 1. The second kappa shape index (κ2) is 6.45. The predicted molar refractivity (Wildman–Crippen MR) is 62.0 cm³/mol. The molecule has 0 amide bonds. The monoisotopic (exact) mass is 234 g/mol. The molecule has 90 valence electrons. The molecule has 1 aliphatic rings. The second-order valence-electron chi connectivity index (χ2n) is 4.29. The highest BCUT2D eigenvalue weighted by Gasteiger charge is 2.14. The van der Waals surface area contributed by atoms with Crippen LogP contribution in [0.25, 0.3) is 0 Å². The fraction of sp³-hybridized carbons (Fsp3) is 1.00. The molecule has 0 saturated heterocycles. The fourth-order valence-electron chi connectivity index (χ4n) is 2.12. The largest absolute Gasteiger partial charge is 0.329 e. The summed E-state index contributed by atoms with van der Waals surface area (Å²) in [6.07, 6.45) is 7.46. The van der Waals surface area contributed by atoms with Gasteiger partial charge in [0.25, 0.3) is 0 Å². The maximum atomic E-state index is 11.3. The summed E-state index contributed by atoms with van der Waals surface area (Å²) >= 11 is 0. The van der Waals surface area contributed by atoms with E-state index in [4.69, 9.17) is 5.73 Å². The zero-order valence-corrected chi connectivity index (χ0v) is 10.1. The second-order valence-corrected chi connectivity index (χ2v) is 6.22. The highest BCUT2D eigenvalue weighted by molar-refractivity contribution is 7.89. The number of rotatable bonds is 6. The summed E-state index contributed by atoms with van der Waals surface area (Å²) in [4.78, 5) is 0. The van der Waals surface area contributed by atoms with Crippen molar-refractivity contribution in [3.05, 3.63) is 0 Å². The van der Waals surface area contributed by atoms with Crippen molar-refractivity contribution < 1.29 is 8.42 Å². The van der Waals surface area contributed by atoms with Crippen molar-refractivity contribution in [2.75, 3.05) is 18.8 Å². The first-order valence-electron chi connectivity index (χ1n) is 5.81.